The van der Waals surface area contributed by atoms with E-state index >= 15 is 0 Å². The van der Waals surface area contributed by atoms with Crippen LogP contribution in [-0.2, 0) is 11.0 Å². The van der Waals surface area contributed by atoms with E-state index in [0.717, 1.165) is 18.4 Å². The molecule has 6 nitrogen and oxygen atoms in total. The van der Waals surface area contributed by atoms with Crippen LogP contribution in [0.25, 0.3) is 0 Å². The van der Waals surface area contributed by atoms with Gasteiger partial charge in [0.05, 0.1) is 5.56 Å². The van der Waals surface area contributed by atoms with Crippen molar-refractivity contribution in [2.45, 2.75) is 19.1 Å². The first-order chi connectivity index (χ1) is 13.4. The molecule has 1 aromatic heterocycles. The van der Waals surface area contributed by atoms with Gasteiger partial charge in [0.15, 0.2) is 11.6 Å². The van der Waals surface area contributed by atoms with Crippen LogP contribution in [0.15, 0.2) is 48.9 Å². The van der Waals surface area contributed by atoms with E-state index in [0.29, 0.717) is 37.0 Å². The van der Waals surface area contributed by atoms with Crippen molar-refractivity contribution >= 4 is 23.6 Å². The Labute approximate surface area is 160 Å². The van der Waals surface area contributed by atoms with E-state index in [-0.39, 0.29) is 6.04 Å². The molecule has 1 atom stereocenters. The highest BCUT2D eigenvalue weighted by molar-refractivity contribution is 5.68. The molecule has 3 rings (SSSR count). The minimum absolute atomic E-state index is 0.158. The fourth-order valence-electron chi connectivity index (χ4n) is 3.06. The fraction of sp³-hybridized carbons (Fsp3) is 0.316. The van der Waals surface area contributed by atoms with Crippen LogP contribution in [0.4, 0.5) is 30.5 Å². The summed E-state index contributed by atoms with van der Waals surface area (Å²) >= 11 is 0. The number of aldehydes is 1. The second-order valence-corrected chi connectivity index (χ2v) is 6.44. The van der Waals surface area contributed by atoms with Gasteiger partial charge in [0.25, 0.3) is 0 Å². The number of carbonyl (C=O) groups is 1. The maximum Gasteiger partial charge on any atom is 0.416 e. The summed E-state index contributed by atoms with van der Waals surface area (Å²) in [5, 5.41) is 3.05. The molecule has 148 valence electrons. The van der Waals surface area contributed by atoms with Crippen LogP contribution >= 0.6 is 0 Å². The van der Waals surface area contributed by atoms with Gasteiger partial charge in [-0.05, 0) is 37.3 Å². The highest BCUT2D eigenvalue weighted by atomic mass is 19.4. The van der Waals surface area contributed by atoms with Crippen molar-refractivity contribution in [3.63, 3.8) is 0 Å². The molecule has 1 aliphatic rings. The molecule has 28 heavy (non-hydrogen) atoms. The van der Waals surface area contributed by atoms with Gasteiger partial charge in [-0.1, -0.05) is 0 Å². The van der Waals surface area contributed by atoms with Crippen molar-refractivity contribution in [2.75, 3.05) is 29.9 Å². The molecule has 1 aromatic carbocycles. The molecule has 2 aromatic rings. The lowest BCUT2D eigenvalue weighted by Crippen LogP contribution is -2.50. The number of benzene rings is 1. The monoisotopic (exact) mass is 391 g/mol. The van der Waals surface area contributed by atoms with E-state index in [4.69, 9.17) is 0 Å². The molecule has 1 fully saturated rings. The minimum atomic E-state index is -4.37. The Bertz CT molecular complexity index is 838. The van der Waals surface area contributed by atoms with Crippen molar-refractivity contribution in [2.24, 2.45) is 0 Å². The van der Waals surface area contributed by atoms with Gasteiger partial charge in [-0.15, -0.1) is 0 Å². The molecule has 0 spiro atoms. The molecule has 0 aliphatic carbocycles. The van der Waals surface area contributed by atoms with Crippen molar-refractivity contribution in [3.8, 4) is 0 Å². The lowest BCUT2D eigenvalue weighted by Gasteiger charge is -2.40. The van der Waals surface area contributed by atoms with E-state index in [1.165, 1.54) is 24.4 Å². The minimum Gasteiger partial charge on any atom is -0.371 e. The Balaban J connectivity index is 1.75. The molecule has 1 N–H and O–H groups in total. The third kappa shape index (κ3) is 4.59. The number of aromatic nitrogens is 2. The van der Waals surface area contributed by atoms with Gasteiger partial charge in [-0.25, -0.2) is 9.97 Å². The third-order valence-corrected chi connectivity index (χ3v) is 4.49. The lowest BCUT2D eigenvalue weighted by atomic mass is 10.2. The molecule has 9 heteroatoms. The molecule has 0 radical (unpaired) electrons. The van der Waals surface area contributed by atoms with Crippen LogP contribution in [0.1, 0.15) is 12.5 Å². The van der Waals surface area contributed by atoms with Crippen molar-refractivity contribution < 1.29 is 18.0 Å². The number of carbonyl (C=O) groups excluding carboxylic acids is 1. The molecule has 1 saturated heterocycles. The van der Waals surface area contributed by atoms with Gasteiger partial charge in [-0.2, -0.15) is 13.2 Å². The van der Waals surface area contributed by atoms with E-state index < -0.39 is 11.7 Å². The topological polar surface area (TPSA) is 61.4 Å². The van der Waals surface area contributed by atoms with Crippen LogP contribution in [0.5, 0.6) is 0 Å². The van der Waals surface area contributed by atoms with Gasteiger partial charge < -0.3 is 15.1 Å². The summed E-state index contributed by atoms with van der Waals surface area (Å²) in [6, 6.07) is 4.95. The number of nitrogens with zero attached hydrogens (tertiary/aromatic N) is 4. The number of nitrogens with one attached hydrogen (secondary N) is 1. The normalized spacial score (nSPS) is 17.8. The standard InChI is InChI=1S/C19H20F3N5O/c1-14-13-27(11-10-26(14)9-2-12-28)18-17(23-7-8-24-18)25-16-5-3-15(4-6-16)19(20,21)22/h2-9,12,14H,10-11,13H2,1H3,(H,23,25)/t14-/m0/s1. The van der Waals surface area contributed by atoms with E-state index in [1.807, 2.05) is 6.92 Å². The Morgan fingerprint density at radius 3 is 2.50 bits per heavy atom. The zero-order valence-corrected chi connectivity index (χ0v) is 15.2. The quantitative estimate of drug-likeness (QED) is 0.622. The van der Waals surface area contributed by atoms with Gasteiger partial charge in [0.1, 0.15) is 6.29 Å². The SMILES string of the molecule is C[C@H]1CN(c2nccnc2Nc2ccc(C(F)(F)F)cc2)CCN1C=CC=O. The maximum atomic E-state index is 12.7. The second kappa shape index (κ2) is 8.28. The van der Waals surface area contributed by atoms with E-state index in [1.54, 1.807) is 12.4 Å². The Hall–Kier alpha value is -3.10. The number of hydrogen-bond acceptors (Lipinski definition) is 6. The predicted octanol–water partition coefficient (Wildman–Crippen LogP) is 3.46. The Morgan fingerprint density at radius 1 is 1.14 bits per heavy atom. The highest BCUT2D eigenvalue weighted by Gasteiger charge is 2.30. The van der Waals surface area contributed by atoms with Gasteiger partial charge in [0, 0.05) is 50.0 Å². The summed E-state index contributed by atoms with van der Waals surface area (Å²) in [5.41, 5.74) is -0.207. The zero-order valence-electron chi connectivity index (χ0n) is 15.2. The molecule has 0 bridgehead atoms. The molecular weight excluding hydrogens is 371 g/mol. The fourth-order valence-corrected chi connectivity index (χ4v) is 3.06. The van der Waals surface area contributed by atoms with Crippen LogP contribution in [0.3, 0.4) is 0 Å². The smallest absolute Gasteiger partial charge is 0.371 e. The van der Waals surface area contributed by atoms with E-state index in [2.05, 4.69) is 25.1 Å². The first-order valence-electron chi connectivity index (χ1n) is 8.76. The zero-order chi connectivity index (χ0) is 20.1. The van der Waals surface area contributed by atoms with Crippen LogP contribution in [-0.4, -0.2) is 46.8 Å². The van der Waals surface area contributed by atoms with Crippen LogP contribution in [0.2, 0.25) is 0 Å². The van der Waals surface area contributed by atoms with E-state index in [9.17, 15) is 18.0 Å². The van der Waals surface area contributed by atoms with Crippen molar-refractivity contribution in [1.82, 2.24) is 14.9 Å². The average molecular weight is 391 g/mol. The summed E-state index contributed by atoms with van der Waals surface area (Å²) in [7, 11) is 0. The molecule has 0 unspecified atom stereocenters. The summed E-state index contributed by atoms with van der Waals surface area (Å²) in [6.45, 7) is 4.10. The average Bonchev–Trinajstić information content (AvgIpc) is 2.67. The van der Waals surface area contributed by atoms with Crippen LogP contribution in [0, 0.1) is 0 Å². The molecule has 0 saturated carbocycles. The van der Waals surface area contributed by atoms with Gasteiger partial charge in [-0.3, -0.25) is 4.79 Å². The number of piperazine rings is 1. The summed E-state index contributed by atoms with van der Waals surface area (Å²) in [4.78, 5) is 23.4. The van der Waals surface area contributed by atoms with Crippen LogP contribution < -0.4 is 10.2 Å². The summed E-state index contributed by atoms with van der Waals surface area (Å²) in [6.07, 6.45) is 2.72. The molecular formula is C19H20F3N5O. The number of alkyl halides is 3. The lowest BCUT2D eigenvalue weighted by molar-refractivity contribution is -0.137. The number of halogens is 3. The Morgan fingerprint density at radius 2 is 1.86 bits per heavy atom. The van der Waals surface area contributed by atoms with Gasteiger partial charge in [0.2, 0.25) is 0 Å². The van der Waals surface area contributed by atoms with Crippen molar-refractivity contribution in [3.05, 3.63) is 54.5 Å². The number of rotatable bonds is 5. The Kier molecular flexibility index (Phi) is 5.81. The van der Waals surface area contributed by atoms with Crippen molar-refractivity contribution in [1.29, 1.82) is 0 Å². The van der Waals surface area contributed by atoms with Gasteiger partial charge >= 0.3 is 6.18 Å². The number of allylic oxidation sites excluding steroid dienone is 1. The molecule has 1 aliphatic heterocycles. The maximum absolute atomic E-state index is 12.7. The third-order valence-electron chi connectivity index (χ3n) is 4.49. The highest BCUT2D eigenvalue weighted by Crippen LogP contribution is 2.31. The molecule has 2 heterocycles. The number of anilines is 3. The first-order valence-corrected chi connectivity index (χ1v) is 8.76. The summed E-state index contributed by atoms with van der Waals surface area (Å²) < 4.78 is 38.2. The second-order valence-electron chi connectivity index (χ2n) is 6.44. The largest absolute Gasteiger partial charge is 0.416 e. The number of hydrogen-bond donors (Lipinski definition) is 1. The summed E-state index contributed by atoms with van der Waals surface area (Å²) in [5.74, 6) is 1.11. The molecule has 0 amide bonds. The predicted molar refractivity (Wildman–Crippen MR) is 100 cm³/mol. The first kappa shape index (κ1) is 19.7.